The molecular weight excluding hydrogens is 1240 g/mol. The molecule has 0 N–H and O–H groups in total. The number of benzene rings is 11. The Morgan fingerprint density at radius 3 is 0.571 bits per heavy atom. The van der Waals surface area contributed by atoms with Crippen LogP contribution < -0.4 is 0 Å². The Balaban J connectivity index is 1.14. The molecule has 11 aromatic carbocycles. The second-order valence-corrected chi connectivity index (χ2v) is 55.4. The lowest BCUT2D eigenvalue weighted by atomic mass is 9.88. The maximum absolute atomic E-state index is 4.24. The molecule has 0 heterocycles. The fraction of sp³-hybridized carbons (Fsp3) is 0.383. The van der Waals surface area contributed by atoms with Gasteiger partial charge in [-0.15, -0.1) is 22.2 Å². The topological polar surface area (TPSA) is 0 Å². The largest absolute Gasteiger partial charge is 0.146 e. The molecule has 4 heteroatoms. The highest BCUT2D eigenvalue weighted by Crippen LogP contribution is 2.48. The summed E-state index contributed by atoms with van der Waals surface area (Å²) in [6.45, 7) is 58.3. The minimum Gasteiger partial charge on any atom is -0.125 e. The van der Waals surface area contributed by atoms with Crippen LogP contribution in [0.2, 0.25) is 66.5 Å². The lowest BCUT2D eigenvalue weighted by Crippen LogP contribution is -2.43. The molecule has 0 aromatic heterocycles. The molecule has 0 saturated carbocycles. The quantitative estimate of drug-likeness (QED) is 0.0578. The summed E-state index contributed by atoms with van der Waals surface area (Å²) in [5, 5.41) is 19.4. The molecule has 0 spiro atoms. The molecule has 0 radical (unpaired) electrons. The molecule has 0 aliphatic heterocycles. The molecule has 0 saturated heterocycles. The maximum Gasteiger partial charge on any atom is 0.146 e. The van der Waals surface area contributed by atoms with Crippen molar-refractivity contribution < 1.29 is 0 Å². The lowest BCUT2D eigenvalue weighted by Gasteiger charge is -2.38. The van der Waals surface area contributed by atoms with Gasteiger partial charge in [0, 0.05) is 22.3 Å². The minimum atomic E-state index is -2.15. The molecule has 502 valence electrons. The van der Waals surface area contributed by atoms with Crippen molar-refractivity contribution in [2.24, 2.45) is 0 Å². The molecule has 0 bridgehead atoms. The Bertz CT molecular complexity index is 4780. The first-order valence-electron chi connectivity index (χ1n) is 37.4. The fourth-order valence-electron chi connectivity index (χ4n) is 19.5. The van der Waals surface area contributed by atoms with Crippen molar-refractivity contribution in [1.29, 1.82) is 0 Å². The summed E-state index contributed by atoms with van der Waals surface area (Å²) in [5.74, 6) is 16.4. The van der Waals surface area contributed by atoms with Crippen molar-refractivity contribution in [1.82, 2.24) is 0 Å². The standard InChI is InChI=1S/C94H110Si4/c1-59(2)95(60(3)4,61(5)6)44-40-83-87-51-73-30-25-27-32-75(73)53-89(87)85(42-46-97(65(13)14,66(15)16)67(17)18)93-57-81-49-77(36-38-79(81)55-91(83)93)71-34-29-35-72(48-71)78-37-39-80-56-92-84(41-45-96(62(7)8,63(9)10)64(11)12)88-52-74-31-26-28-33-76(74)54-90(88)86(94(92)58-82(80)50-78)43-47-98(68(19)20,69(21)22)70(23)24/h25-39,48-70H,1-24H3. The zero-order valence-corrected chi connectivity index (χ0v) is 67.9. The number of rotatable bonds is 14. The third kappa shape index (κ3) is 12.4. The third-order valence-electron chi connectivity index (χ3n) is 24.5. The second kappa shape index (κ2) is 28.0. The van der Waals surface area contributed by atoms with Crippen LogP contribution in [0, 0.1) is 45.9 Å². The van der Waals surface area contributed by atoms with Gasteiger partial charge < -0.3 is 0 Å². The van der Waals surface area contributed by atoms with Crippen molar-refractivity contribution in [3.63, 3.8) is 0 Å². The summed E-state index contributed by atoms with van der Waals surface area (Å²) in [6.07, 6.45) is 0. The van der Waals surface area contributed by atoms with E-state index in [2.05, 4.69) is 370 Å². The van der Waals surface area contributed by atoms with E-state index < -0.39 is 32.3 Å². The van der Waals surface area contributed by atoms with E-state index in [1.807, 2.05) is 0 Å². The summed E-state index contributed by atoms with van der Waals surface area (Å²) in [5.41, 5.74) is 32.3. The summed E-state index contributed by atoms with van der Waals surface area (Å²) < 4.78 is 0. The van der Waals surface area contributed by atoms with E-state index in [1.165, 1.54) is 108 Å². The normalized spacial score (nSPS) is 12.9. The van der Waals surface area contributed by atoms with Gasteiger partial charge in [0.25, 0.3) is 0 Å². The van der Waals surface area contributed by atoms with Crippen LogP contribution in [0.15, 0.2) is 158 Å². The van der Waals surface area contributed by atoms with Crippen molar-refractivity contribution in [2.75, 3.05) is 0 Å². The van der Waals surface area contributed by atoms with Crippen molar-refractivity contribution in [3.05, 3.63) is 180 Å². The Morgan fingerprint density at radius 2 is 0.367 bits per heavy atom. The highest BCUT2D eigenvalue weighted by Gasteiger charge is 2.45. The van der Waals surface area contributed by atoms with Gasteiger partial charge in [0.05, 0.1) is 0 Å². The fourth-order valence-corrected chi connectivity index (χ4v) is 40.3. The zero-order valence-electron chi connectivity index (χ0n) is 63.9. The summed E-state index contributed by atoms with van der Waals surface area (Å²) in [4.78, 5) is 0. The van der Waals surface area contributed by atoms with Gasteiger partial charge >= 0.3 is 0 Å². The molecule has 11 aromatic rings. The van der Waals surface area contributed by atoms with Gasteiger partial charge in [0.2, 0.25) is 0 Å². The van der Waals surface area contributed by atoms with Crippen molar-refractivity contribution in [3.8, 4) is 68.1 Å². The van der Waals surface area contributed by atoms with Crippen LogP contribution in [-0.4, -0.2) is 32.3 Å². The van der Waals surface area contributed by atoms with Crippen LogP contribution in [0.3, 0.4) is 0 Å². The molecule has 98 heavy (non-hydrogen) atoms. The first-order valence-corrected chi connectivity index (χ1v) is 46.3. The van der Waals surface area contributed by atoms with Crippen LogP contribution in [0.4, 0.5) is 0 Å². The number of hydrogen-bond acceptors (Lipinski definition) is 0. The van der Waals surface area contributed by atoms with E-state index in [0.29, 0.717) is 66.5 Å². The average molecular weight is 1350 g/mol. The van der Waals surface area contributed by atoms with Gasteiger partial charge in [-0.05, 0) is 242 Å². The molecule has 11 rings (SSSR count). The third-order valence-corrected chi connectivity index (χ3v) is 49.6. The van der Waals surface area contributed by atoms with Crippen molar-refractivity contribution in [2.45, 2.75) is 233 Å². The van der Waals surface area contributed by atoms with Gasteiger partial charge in [-0.25, -0.2) is 0 Å². The maximum atomic E-state index is 4.24. The number of hydrogen-bond donors (Lipinski definition) is 0. The highest BCUT2D eigenvalue weighted by molar-refractivity contribution is 6.92. The van der Waals surface area contributed by atoms with E-state index >= 15 is 0 Å². The highest BCUT2D eigenvalue weighted by atomic mass is 28.3. The second-order valence-electron chi connectivity index (χ2n) is 33.1. The Kier molecular flexibility index (Phi) is 20.5. The van der Waals surface area contributed by atoms with Crippen LogP contribution in [0.1, 0.15) is 188 Å². The van der Waals surface area contributed by atoms with Crippen LogP contribution in [0.5, 0.6) is 0 Å². The van der Waals surface area contributed by atoms with Gasteiger partial charge in [0.1, 0.15) is 32.3 Å². The Hall–Kier alpha value is -7.39. The summed E-state index contributed by atoms with van der Waals surface area (Å²) >= 11 is 0. The predicted octanol–water partition coefficient (Wildman–Crippen LogP) is 28.5. The van der Waals surface area contributed by atoms with Gasteiger partial charge in [0.15, 0.2) is 0 Å². The van der Waals surface area contributed by atoms with E-state index in [1.54, 1.807) is 0 Å². The van der Waals surface area contributed by atoms with E-state index in [-0.39, 0.29) is 0 Å². The molecule has 0 unspecified atom stereocenters. The molecule has 0 aliphatic rings. The molecule has 0 amide bonds. The van der Waals surface area contributed by atoms with E-state index in [4.69, 9.17) is 0 Å². The van der Waals surface area contributed by atoms with E-state index in [9.17, 15) is 0 Å². The minimum absolute atomic E-state index is 0.504. The smallest absolute Gasteiger partial charge is 0.125 e. The van der Waals surface area contributed by atoms with Crippen LogP contribution in [-0.2, 0) is 0 Å². The van der Waals surface area contributed by atoms with Gasteiger partial charge in [-0.3, -0.25) is 0 Å². The first kappa shape index (κ1) is 71.9. The molecule has 0 aliphatic carbocycles. The Labute approximate surface area is 595 Å². The summed E-state index contributed by atoms with van der Waals surface area (Å²) in [7, 11) is -8.57. The molecule has 0 nitrogen and oxygen atoms in total. The first-order chi connectivity index (χ1) is 46.4. The zero-order chi connectivity index (χ0) is 70.8. The van der Waals surface area contributed by atoms with Crippen LogP contribution in [0.25, 0.3) is 108 Å². The van der Waals surface area contributed by atoms with Gasteiger partial charge in [-0.2, -0.15) is 0 Å². The summed E-state index contributed by atoms with van der Waals surface area (Å²) in [6, 6.07) is 60.8. The predicted molar refractivity (Wildman–Crippen MR) is 449 cm³/mol. The van der Waals surface area contributed by atoms with Crippen molar-refractivity contribution >= 4 is 118 Å². The lowest BCUT2D eigenvalue weighted by molar-refractivity contribution is 0.838. The molecule has 0 atom stereocenters. The van der Waals surface area contributed by atoms with Gasteiger partial charge in [-0.1, -0.05) is 281 Å². The SMILES string of the molecule is CC(C)[Si](C#Cc1c2cc3ccccc3cc2c(C#C[Si](C(C)C)(C(C)C)C(C)C)c2cc3cc(-c4cccc(-c5ccc6cc7c(C#C[Si](C(C)C)(C(C)C)C(C)C)c8cc9ccccc9cc8c(C#C[Si](C(C)C)(C(C)C)C(C)C)c7cc6c5)c4)ccc3cc12)(C(C)C)C(C)C. The average Bonchev–Trinajstić information content (AvgIpc) is 0.732. The molecular formula is C94H110Si4. The molecule has 0 fully saturated rings. The van der Waals surface area contributed by atoms with Crippen LogP contribution >= 0.6 is 0 Å². The Morgan fingerprint density at radius 1 is 0.184 bits per heavy atom. The monoisotopic (exact) mass is 1350 g/mol. The number of fused-ring (bicyclic) bond motifs is 8. The van der Waals surface area contributed by atoms with E-state index in [0.717, 1.165) is 22.3 Å².